The summed E-state index contributed by atoms with van der Waals surface area (Å²) >= 11 is 5.80. The average Bonchev–Trinajstić information content (AvgIpc) is 2.20. The zero-order valence-corrected chi connectivity index (χ0v) is 9.59. The fraction of sp³-hybridized carbons (Fsp3) is 0.364. The Morgan fingerprint density at radius 3 is 2.81 bits per heavy atom. The molecule has 1 rings (SSSR count). The van der Waals surface area contributed by atoms with Gasteiger partial charge < -0.3 is 10.4 Å². The van der Waals surface area contributed by atoms with Gasteiger partial charge in [-0.05, 0) is 30.7 Å². The lowest BCUT2D eigenvalue weighted by Crippen LogP contribution is -2.29. The molecule has 5 heteroatoms. The van der Waals surface area contributed by atoms with Gasteiger partial charge in [-0.3, -0.25) is 4.79 Å². The van der Waals surface area contributed by atoms with Crippen molar-refractivity contribution in [2.75, 3.05) is 6.54 Å². The van der Waals surface area contributed by atoms with Crippen molar-refractivity contribution >= 4 is 17.6 Å². The van der Waals surface area contributed by atoms with Crippen LogP contribution in [-0.2, 0) is 4.79 Å². The molecule has 1 aromatic rings. The second-order valence-corrected chi connectivity index (χ2v) is 3.80. The van der Waals surface area contributed by atoms with Crippen molar-refractivity contribution in [2.45, 2.75) is 19.4 Å². The zero-order valence-electron chi connectivity index (χ0n) is 8.84. The molecule has 0 aliphatic heterocycles. The van der Waals surface area contributed by atoms with Gasteiger partial charge in [-0.15, -0.1) is 0 Å². The SMILES string of the molecule is CCCNC(C(=O)O)c1ccc(F)cc1Cl. The summed E-state index contributed by atoms with van der Waals surface area (Å²) in [5, 5.41) is 12.0. The van der Waals surface area contributed by atoms with E-state index in [1.165, 1.54) is 12.1 Å². The van der Waals surface area contributed by atoms with Crippen LogP contribution >= 0.6 is 11.6 Å². The van der Waals surface area contributed by atoms with Crippen LogP contribution in [0.4, 0.5) is 4.39 Å². The van der Waals surface area contributed by atoms with E-state index in [2.05, 4.69) is 5.32 Å². The van der Waals surface area contributed by atoms with E-state index in [1.54, 1.807) is 0 Å². The van der Waals surface area contributed by atoms with Crippen molar-refractivity contribution in [3.63, 3.8) is 0 Å². The summed E-state index contributed by atoms with van der Waals surface area (Å²) in [7, 11) is 0. The Bertz CT molecular complexity index is 384. The number of nitrogens with one attached hydrogen (secondary N) is 1. The van der Waals surface area contributed by atoms with Gasteiger partial charge in [0, 0.05) is 5.02 Å². The van der Waals surface area contributed by atoms with E-state index in [0.29, 0.717) is 12.1 Å². The average molecular weight is 246 g/mol. The third-order valence-corrected chi connectivity index (χ3v) is 2.45. The Morgan fingerprint density at radius 1 is 1.62 bits per heavy atom. The minimum Gasteiger partial charge on any atom is -0.480 e. The molecular weight excluding hydrogens is 233 g/mol. The molecule has 88 valence electrons. The van der Waals surface area contributed by atoms with Crippen molar-refractivity contribution in [3.8, 4) is 0 Å². The van der Waals surface area contributed by atoms with E-state index in [1.807, 2.05) is 6.92 Å². The highest BCUT2D eigenvalue weighted by Gasteiger charge is 2.21. The number of carboxylic acids is 1. The lowest BCUT2D eigenvalue weighted by atomic mass is 10.1. The Hall–Kier alpha value is -1.13. The van der Waals surface area contributed by atoms with Crippen LogP contribution in [0.5, 0.6) is 0 Å². The quantitative estimate of drug-likeness (QED) is 0.838. The Morgan fingerprint density at radius 2 is 2.31 bits per heavy atom. The van der Waals surface area contributed by atoms with Crippen LogP contribution in [0.25, 0.3) is 0 Å². The number of rotatable bonds is 5. The lowest BCUT2D eigenvalue weighted by molar-refractivity contribution is -0.139. The zero-order chi connectivity index (χ0) is 12.1. The number of carboxylic acid groups (broad SMARTS) is 1. The maximum absolute atomic E-state index is 12.8. The first-order chi connectivity index (χ1) is 7.56. The van der Waals surface area contributed by atoms with Crippen LogP contribution in [0.2, 0.25) is 5.02 Å². The molecule has 0 amide bonds. The van der Waals surface area contributed by atoms with Gasteiger partial charge in [0.25, 0.3) is 0 Å². The highest BCUT2D eigenvalue weighted by molar-refractivity contribution is 6.31. The van der Waals surface area contributed by atoms with Gasteiger partial charge in [0.15, 0.2) is 0 Å². The van der Waals surface area contributed by atoms with Crippen molar-refractivity contribution in [3.05, 3.63) is 34.6 Å². The maximum Gasteiger partial charge on any atom is 0.325 e. The largest absolute Gasteiger partial charge is 0.480 e. The van der Waals surface area contributed by atoms with Crippen LogP contribution < -0.4 is 5.32 Å². The molecule has 0 spiro atoms. The topological polar surface area (TPSA) is 49.3 Å². The van der Waals surface area contributed by atoms with Crippen molar-refractivity contribution in [1.82, 2.24) is 5.32 Å². The van der Waals surface area contributed by atoms with Crippen molar-refractivity contribution < 1.29 is 14.3 Å². The van der Waals surface area contributed by atoms with Crippen LogP contribution in [0, 0.1) is 5.82 Å². The molecule has 2 N–H and O–H groups in total. The third kappa shape index (κ3) is 3.18. The minimum absolute atomic E-state index is 0.121. The van der Waals surface area contributed by atoms with Gasteiger partial charge in [0.1, 0.15) is 11.9 Å². The molecule has 0 aliphatic carbocycles. The monoisotopic (exact) mass is 245 g/mol. The molecule has 1 aromatic carbocycles. The molecule has 3 nitrogen and oxygen atoms in total. The molecule has 0 saturated carbocycles. The third-order valence-electron chi connectivity index (χ3n) is 2.12. The summed E-state index contributed by atoms with van der Waals surface area (Å²) in [6, 6.07) is 2.80. The smallest absolute Gasteiger partial charge is 0.325 e. The summed E-state index contributed by atoms with van der Waals surface area (Å²) in [5.74, 6) is -1.50. The van der Waals surface area contributed by atoms with Gasteiger partial charge in [0.2, 0.25) is 0 Å². The van der Waals surface area contributed by atoms with E-state index in [0.717, 1.165) is 12.5 Å². The van der Waals surface area contributed by atoms with Crippen molar-refractivity contribution in [1.29, 1.82) is 0 Å². The Labute approximate surface area is 98.2 Å². The van der Waals surface area contributed by atoms with Crippen LogP contribution in [-0.4, -0.2) is 17.6 Å². The fourth-order valence-corrected chi connectivity index (χ4v) is 1.63. The van der Waals surface area contributed by atoms with Gasteiger partial charge in [-0.25, -0.2) is 4.39 Å². The number of hydrogen-bond acceptors (Lipinski definition) is 2. The summed E-state index contributed by atoms with van der Waals surface area (Å²) in [4.78, 5) is 11.0. The van der Waals surface area contributed by atoms with Gasteiger partial charge in [0.05, 0.1) is 0 Å². The molecule has 0 aromatic heterocycles. The Balaban J connectivity index is 2.96. The highest BCUT2D eigenvalue weighted by Crippen LogP contribution is 2.24. The number of aliphatic carboxylic acids is 1. The summed E-state index contributed by atoms with van der Waals surface area (Å²) in [6.07, 6.45) is 0.808. The lowest BCUT2D eigenvalue weighted by Gasteiger charge is -2.15. The summed E-state index contributed by atoms with van der Waals surface area (Å²) in [5.41, 5.74) is 0.379. The standard InChI is InChI=1S/C11H13ClFNO2/c1-2-5-14-10(11(15)16)8-4-3-7(13)6-9(8)12/h3-4,6,10,14H,2,5H2,1H3,(H,15,16). The highest BCUT2D eigenvalue weighted by atomic mass is 35.5. The molecule has 1 unspecified atom stereocenters. The molecule has 0 bridgehead atoms. The number of hydrogen-bond donors (Lipinski definition) is 2. The second-order valence-electron chi connectivity index (χ2n) is 3.39. The van der Waals surface area contributed by atoms with Crippen LogP contribution in [0.15, 0.2) is 18.2 Å². The van der Waals surface area contributed by atoms with E-state index in [4.69, 9.17) is 16.7 Å². The normalized spacial score (nSPS) is 12.4. The predicted octanol–water partition coefficient (Wildman–Crippen LogP) is 2.60. The first-order valence-corrected chi connectivity index (χ1v) is 5.35. The van der Waals surface area contributed by atoms with Crippen LogP contribution in [0.3, 0.4) is 0 Å². The number of benzene rings is 1. The summed E-state index contributed by atoms with van der Waals surface area (Å²) < 4.78 is 12.8. The first kappa shape index (κ1) is 12.9. The first-order valence-electron chi connectivity index (χ1n) is 4.97. The van der Waals surface area contributed by atoms with E-state index in [-0.39, 0.29) is 5.02 Å². The molecule has 0 aliphatic rings. The molecule has 0 saturated heterocycles. The maximum atomic E-state index is 12.8. The number of halogens is 2. The summed E-state index contributed by atoms with van der Waals surface area (Å²) in [6.45, 7) is 2.49. The molecule has 16 heavy (non-hydrogen) atoms. The van der Waals surface area contributed by atoms with E-state index >= 15 is 0 Å². The van der Waals surface area contributed by atoms with E-state index < -0.39 is 17.8 Å². The molecule has 0 heterocycles. The fourth-order valence-electron chi connectivity index (χ4n) is 1.35. The minimum atomic E-state index is -1.03. The second kappa shape index (κ2) is 5.82. The number of carbonyl (C=O) groups is 1. The predicted molar refractivity (Wildman–Crippen MR) is 60.1 cm³/mol. The van der Waals surface area contributed by atoms with Crippen molar-refractivity contribution in [2.24, 2.45) is 0 Å². The van der Waals surface area contributed by atoms with E-state index in [9.17, 15) is 9.18 Å². The van der Waals surface area contributed by atoms with Gasteiger partial charge in [-0.1, -0.05) is 24.6 Å². The molecule has 1 atom stereocenters. The van der Waals surface area contributed by atoms with Crippen LogP contribution in [0.1, 0.15) is 24.9 Å². The van der Waals surface area contributed by atoms with Gasteiger partial charge in [-0.2, -0.15) is 0 Å². The molecule has 0 radical (unpaired) electrons. The van der Waals surface area contributed by atoms with Gasteiger partial charge >= 0.3 is 5.97 Å². The molecule has 0 fully saturated rings. The Kier molecular flexibility index (Phi) is 4.71. The molecular formula is C11H13ClFNO2.